The molecule has 18 heavy (non-hydrogen) atoms. The average molecular weight is 270 g/mol. The fraction of sp³-hybridized carbons (Fsp3) is 1.00. The van der Waals surface area contributed by atoms with E-state index in [9.17, 15) is 0 Å². The summed E-state index contributed by atoms with van der Waals surface area (Å²) in [5, 5.41) is 0. The van der Waals surface area contributed by atoms with Crippen LogP contribution >= 0.6 is 0 Å². The van der Waals surface area contributed by atoms with Gasteiger partial charge in [0.1, 0.15) is 0 Å². The summed E-state index contributed by atoms with van der Waals surface area (Å²) in [5.74, 6) is 0. The monoisotopic (exact) mass is 270 g/mol. The minimum absolute atomic E-state index is 0.408. The zero-order valence-corrected chi connectivity index (χ0v) is 12.9. The summed E-state index contributed by atoms with van der Waals surface area (Å²) in [6.07, 6.45) is 13.6. The van der Waals surface area contributed by atoms with Gasteiger partial charge in [-0.05, 0) is 32.6 Å². The quantitative estimate of drug-likeness (QED) is 0.689. The molecule has 0 spiro atoms. The van der Waals surface area contributed by atoms with E-state index in [0.29, 0.717) is 12.2 Å². The minimum Gasteiger partial charge on any atom is -0.455 e. The van der Waals surface area contributed by atoms with Crippen molar-refractivity contribution in [3.8, 4) is 0 Å². The van der Waals surface area contributed by atoms with Crippen molar-refractivity contribution >= 4 is 15.1 Å². The lowest BCUT2D eigenvalue weighted by atomic mass is 9.98. The standard InChI is InChI=1S/2C6H11O.C2H5O.Al/c2*7-6-4-2-1-3-5-6;1-2-3;/h2*6H,1-5H2;2H2,1H3;/q3*-1;+3. The van der Waals surface area contributed by atoms with Crippen LogP contribution in [0.25, 0.3) is 0 Å². The van der Waals surface area contributed by atoms with Gasteiger partial charge in [-0.3, -0.25) is 0 Å². The average Bonchev–Trinajstić information content (AvgIpc) is 2.41. The van der Waals surface area contributed by atoms with Gasteiger partial charge in [-0.1, -0.05) is 38.5 Å². The molecule has 0 aromatic carbocycles. The molecule has 0 heterocycles. The molecule has 2 rings (SSSR count). The summed E-state index contributed by atoms with van der Waals surface area (Å²) in [6.45, 7) is 2.75. The Labute approximate surface area is 117 Å². The van der Waals surface area contributed by atoms with Crippen LogP contribution in [-0.2, 0) is 11.4 Å². The molecule has 0 aromatic rings. The van der Waals surface area contributed by atoms with Crippen molar-refractivity contribution in [3.63, 3.8) is 0 Å². The Balaban J connectivity index is 1.74. The molecule has 2 fully saturated rings. The summed E-state index contributed by atoms with van der Waals surface area (Å²) in [4.78, 5) is 0. The molecule has 0 radical (unpaired) electrons. The normalized spacial score (nSPS) is 23.2. The van der Waals surface area contributed by atoms with Crippen LogP contribution in [0, 0.1) is 0 Å². The Kier molecular flexibility index (Phi) is 7.04. The minimum atomic E-state index is -1.88. The number of rotatable bonds is 6. The molecule has 104 valence electrons. The Morgan fingerprint density at radius 1 is 0.778 bits per heavy atom. The van der Waals surface area contributed by atoms with Crippen LogP contribution in [0.2, 0.25) is 0 Å². The predicted octanol–water partition coefficient (Wildman–Crippen LogP) is 3.71. The molecular weight excluding hydrogens is 243 g/mol. The van der Waals surface area contributed by atoms with Crippen molar-refractivity contribution in [1.82, 2.24) is 0 Å². The van der Waals surface area contributed by atoms with Gasteiger partial charge in [-0.15, -0.1) is 0 Å². The van der Waals surface area contributed by atoms with E-state index in [1.807, 2.05) is 6.92 Å². The van der Waals surface area contributed by atoms with E-state index in [-0.39, 0.29) is 0 Å². The Bertz CT molecular complexity index is 193. The van der Waals surface area contributed by atoms with E-state index in [1.54, 1.807) is 0 Å². The van der Waals surface area contributed by atoms with Gasteiger partial charge in [0, 0.05) is 18.8 Å². The Hall–Kier alpha value is 0.412. The van der Waals surface area contributed by atoms with E-state index in [1.165, 1.54) is 64.2 Å². The fourth-order valence-corrected chi connectivity index (χ4v) is 4.63. The van der Waals surface area contributed by atoms with Crippen LogP contribution in [0.4, 0.5) is 0 Å². The first kappa shape index (κ1) is 14.8. The van der Waals surface area contributed by atoms with Crippen LogP contribution in [0.3, 0.4) is 0 Å². The summed E-state index contributed by atoms with van der Waals surface area (Å²) in [7, 11) is 0. The van der Waals surface area contributed by atoms with E-state index < -0.39 is 15.1 Å². The van der Waals surface area contributed by atoms with Crippen LogP contribution in [0.5, 0.6) is 0 Å². The van der Waals surface area contributed by atoms with E-state index in [0.717, 1.165) is 6.61 Å². The second-order valence-corrected chi connectivity index (χ2v) is 6.99. The molecule has 4 heteroatoms. The van der Waals surface area contributed by atoms with Gasteiger partial charge in [0.2, 0.25) is 0 Å². The second-order valence-electron chi connectivity index (χ2n) is 5.54. The zero-order valence-electron chi connectivity index (χ0n) is 11.7. The van der Waals surface area contributed by atoms with Crippen molar-refractivity contribution in [3.05, 3.63) is 0 Å². The molecule has 2 aliphatic carbocycles. The molecule has 0 saturated heterocycles. The molecule has 0 amide bonds. The van der Waals surface area contributed by atoms with E-state index in [4.69, 9.17) is 11.4 Å². The molecule has 0 unspecified atom stereocenters. The first-order valence-corrected chi connectivity index (χ1v) is 9.22. The third-order valence-corrected chi connectivity index (χ3v) is 5.83. The SMILES string of the molecule is CC[O][Al]([O]C1CCCCC1)[O]C1CCCCC1. The fourth-order valence-electron chi connectivity index (χ4n) is 2.96. The van der Waals surface area contributed by atoms with E-state index in [2.05, 4.69) is 0 Å². The maximum atomic E-state index is 6.13. The maximum Gasteiger partial charge on any atom is 0.906 e. The number of hydrogen-bond donors (Lipinski definition) is 0. The molecule has 3 nitrogen and oxygen atoms in total. The maximum absolute atomic E-state index is 6.13. The highest BCUT2D eigenvalue weighted by Gasteiger charge is 2.37. The molecule has 0 bridgehead atoms. The van der Waals surface area contributed by atoms with Crippen LogP contribution in [0.15, 0.2) is 0 Å². The van der Waals surface area contributed by atoms with Gasteiger partial charge in [-0.25, -0.2) is 0 Å². The van der Waals surface area contributed by atoms with Crippen molar-refractivity contribution in [2.75, 3.05) is 6.61 Å². The highest BCUT2D eigenvalue weighted by atomic mass is 27.3. The second kappa shape index (κ2) is 8.56. The van der Waals surface area contributed by atoms with Crippen molar-refractivity contribution < 1.29 is 11.4 Å². The van der Waals surface area contributed by atoms with Crippen molar-refractivity contribution in [1.29, 1.82) is 0 Å². The largest absolute Gasteiger partial charge is 0.906 e. The number of hydrogen-bond acceptors (Lipinski definition) is 3. The predicted molar refractivity (Wildman–Crippen MR) is 73.3 cm³/mol. The van der Waals surface area contributed by atoms with Gasteiger partial charge >= 0.3 is 15.1 Å². The lowest BCUT2D eigenvalue weighted by Gasteiger charge is -2.29. The van der Waals surface area contributed by atoms with Gasteiger partial charge in [-0.2, -0.15) is 0 Å². The van der Waals surface area contributed by atoms with Gasteiger partial charge in [0.25, 0.3) is 0 Å². The van der Waals surface area contributed by atoms with Gasteiger partial charge < -0.3 is 11.4 Å². The summed E-state index contributed by atoms with van der Waals surface area (Å²) in [5.41, 5.74) is 0. The summed E-state index contributed by atoms with van der Waals surface area (Å²) in [6, 6.07) is 0. The summed E-state index contributed by atoms with van der Waals surface area (Å²) >= 11 is -1.88. The van der Waals surface area contributed by atoms with Gasteiger partial charge in [0.05, 0.1) is 0 Å². The van der Waals surface area contributed by atoms with Crippen molar-refractivity contribution in [2.45, 2.75) is 83.3 Å². The third kappa shape index (κ3) is 5.19. The van der Waals surface area contributed by atoms with Crippen LogP contribution < -0.4 is 0 Å². The smallest absolute Gasteiger partial charge is 0.455 e. The topological polar surface area (TPSA) is 27.7 Å². The first-order valence-electron chi connectivity index (χ1n) is 7.81. The molecule has 0 atom stereocenters. The molecule has 2 saturated carbocycles. The van der Waals surface area contributed by atoms with Crippen LogP contribution in [-0.4, -0.2) is 34.0 Å². The first-order chi connectivity index (χ1) is 8.88. The molecule has 0 aliphatic heterocycles. The zero-order chi connectivity index (χ0) is 12.6. The molecular formula is C14H27AlO3. The molecule has 0 N–H and O–H groups in total. The van der Waals surface area contributed by atoms with Gasteiger partial charge in [0.15, 0.2) is 0 Å². The lowest BCUT2D eigenvalue weighted by molar-refractivity contribution is 0.0114. The van der Waals surface area contributed by atoms with Crippen molar-refractivity contribution in [2.24, 2.45) is 0 Å². The molecule has 0 aromatic heterocycles. The highest BCUT2D eigenvalue weighted by molar-refractivity contribution is 6.36. The summed E-state index contributed by atoms with van der Waals surface area (Å²) < 4.78 is 18.0. The third-order valence-electron chi connectivity index (χ3n) is 4.01. The molecule has 2 aliphatic rings. The highest BCUT2D eigenvalue weighted by Crippen LogP contribution is 2.24. The Morgan fingerprint density at radius 3 is 1.61 bits per heavy atom. The van der Waals surface area contributed by atoms with E-state index >= 15 is 0 Å². The lowest BCUT2D eigenvalue weighted by Crippen LogP contribution is -2.37. The van der Waals surface area contributed by atoms with Crippen LogP contribution in [0.1, 0.15) is 71.1 Å². The Morgan fingerprint density at radius 2 is 1.22 bits per heavy atom.